The summed E-state index contributed by atoms with van der Waals surface area (Å²) in [7, 11) is 0. The normalized spacial score (nSPS) is 25.5. The van der Waals surface area contributed by atoms with E-state index in [2.05, 4.69) is 0 Å². The van der Waals surface area contributed by atoms with E-state index in [1.807, 2.05) is 0 Å². The molecule has 0 radical (unpaired) electrons. The highest BCUT2D eigenvalue weighted by Gasteiger charge is 2.54. The molecular formula is C14H19NO6. The average molecular weight is 297 g/mol. The number of amides is 1. The zero-order chi connectivity index (χ0) is 16.0. The third kappa shape index (κ3) is 2.72. The maximum atomic E-state index is 12.0. The smallest absolute Gasteiger partial charge is 0.410 e. The number of hydrogen-bond acceptors (Lipinski definition) is 5. The van der Waals surface area contributed by atoms with Crippen molar-refractivity contribution in [3.05, 3.63) is 11.1 Å². The Bertz CT molecular complexity index is 544. The molecule has 21 heavy (non-hydrogen) atoms. The lowest BCUT2D eigenvalue weighted by Gasteiger charge is -2.27. The van der Waals surface area contributed by atoms with Crippen molar-refractivity contribution in [1.29, 1.82) is 0 Å². The van der Waals surface area contributed by atoms with E-state index in [1.54, 1.807) is 20.8 Å². The second-order valence-corrected chi connectivity index (χ2v) is 6.34. The molecular weight excluding hydrogens is 278 g/mol. The second kappa shape index (κ2) is 4.75. The van der Waals surface area contributed by atoms with Crippen LogP contribution in [0.25, 0.3) is 0 Å². The van der Waals surface area contributed by atoms with Crippen LogP contribution in [0.1, 0.15) is 34.1 Å². The fourth-order valence-electron chi connectivity index (χ4n) is 2.66. The van der Waals surface area contributed by atoms with E-state index in [4.69, 9.17) is 9.47 Å². The molecule has 1 N–H and O–H groups in total. The number of carbonyl (C=O) groups is 3. The number of rotatable bonds is 1. The Balaban J connectivity index is 2.20. The molecule has 0 aliphatic carbocycles. The van der Waals surface area contributed by atoms with Gasteiger partial charge in [0.05, 0.1) is 12.1 Å². The van der Waals surface area contributed by atoms with Gasteiger partial charge in [-0.1, -0.05) is 0 Å². The van der Waals surface area contributed by atoms with Gasteiger partial charge in [0, 0.05) is 18.5 Å². The van der Waals surface area contributed by atoms with E-state index in [1.165, 1.54) is 11.8 Å². The van der Waals surface area contributed by atoms with Gasteiger partial charge < -0.3 is 19.5 Å². The van der Waals surface area contributed by atoms with Crippen molar-refractivity contribution in [3.8, 4) is 0 Å². The number of esters is 1. The van der Waals surface area contributed by atoms with E-state index >= 15 is 0 Å². The number of aliphatic carboxylic acids is 1. The Morgan fingerprint density at radius 3 is 2.52 bits per heavy atom. The second-order valence-electron chi connectivity index (χ2n) is 6.34. The molecule has 1 atom stereocenters. The highest BCUT2D eigenvalue weighted by molar-refractivity contribution is 6.04. The van der Waals surface area contributed by atoms with Crippen molar-refractivity contribution in [1.82, 2.24) is 4.90 Å². The fourth-order valence-corrected chi connectivity index (χ4v) is 2.66. The molecule has 116 valence electrons. The number of carbonyl (C=O) groups excluding carboxylic acids is 2. The first-order valence-corrected chi connectivity index (χ1v) is 6.72. The zero-order valence-corrected chi connectivity index (χ0v) is 12.6. The standard InChI is InChI=1S/C14H19NO6/c1-8-9(10(16)17)14(20-11(8)18)5-6-15(7-14)12(19)21-13(2,3)4/h5-7H2,1-4H3,(H,16,17). The molecule has 7 heteroatoms. The summed E-state index contributed by atoms with van der Waals surface area (Å²) in [6.45, 7) is 6.97. The fraction of sp³-hybridized carbons (Fsp3) is 0.643. The van der Waals surface area contributed by atoms with E-state index in [0.717, 1.165) is 0 Å². The van der Waals surface area contributed by atoms with Crippen molar-refractivity contribution in [2.75, 3.05) is 13.1 Å². The van der Waals surface area contributed by atoms with Gasteiger partial charge in [0.1, 0.15) is 5.60 Å². The third-order valence-electron chi connectivity index (χ3n) is 3.52. The van der Waals surface area contributed by atoms with Gasteiger partial charge in [-0.05, 0) is 27.7 Å². The quantitative estimate of drug-likeness (QED) is 0.734. The molecule has 1 spiro atoms. The minimum atomic E-state index is -1.25. The molecule has 0 aromatic heterocycles. The highest BCUT2D eigenvalue weighted by Crippen LogP contribution is 2.40. The van der Waals surface area contributed by atoms with E-state index in [9.17, 15) is 19.5 Å². The largest absolute Gasteiger partial charge is 0.478 e. The molecule has 1 saturated heterocycles. The highest BCUT2D eigenvalue weighted by atomic mass is 16.6. The van der Waals surface area contributed by atoms with E-state index < -0.39 is 29.2 Å². The molecule has 2 aliphatic rings. The van der Waals surface area contributed by atoms with Crippen LogP contribution in [0.3, 0.4) is 0 Å². The summed E-state index contributed by atoms with van der Waals surface area (Å²) in [5, 5.41) is 9.31. The Morgan fingerprint density at radius 2 is 2.00 bits per heavy atom. The van der Waals surface area contributed by atoms with Gasteiger partial charge in [-0.3, -0.25) is 0 Å². The van der Waals surface area contributed by atoms with E-state index in [0.29, 0.717) is 0 Å². The molecule has 1 unspecified atom stereocenters. The van der Waals surface area contributed by atoms with Crippen LogP contribution >= 0.6 is 0 Å². The Labute approximate surface area is 122 Å². The summed E-state index contributed by atoms with van der Waals surface area (Å²) >= 11 is 0. The van der Waals surface area contributed by atoms with Crippen LogP contribution in [0, 0.1) is 0 Å². The summed E-state index contributed by atoms with van der Waals surface area (Å²) in [4.78, 5) is 36.5. The summed E-state index contributed by atoms with van der Waals surface area (Å²) in [6, 6.07) is 0. The monoisotopic (exact) mass is 297 g/mol. The lowest BCUT2D eigenvalue weighted by Crippen LogP contribution is -2.41. The summed E-state index contributed by atoms with van der Waals surface area (Å²) < 4.78 is 10.5. The molecule has 2 aliphatic heterocycles. The first-order valence-electron chi connectivity index (χ1n) is 6.72. The maximum Gasteiger partial charge on any atom is 0.410 e. The predicted molar refractivity (Wildman–Crippen MR) is 71.6 cm³/mol. The third-order valence-corrected chi connectivity index (χ3v) is 3.52. The molecule has 2 rings (SSSR count). The minimum absolute atomic E-state index is 0.00657. The van der Waals surface area contributed by atoms with Gasteiger partial charge in [-0.2, -0.15) is 0 Å². The van der Waals surface area contributed by atoms with Crippen molar-refractivity contribution < 1.29 is 29.0 Å². The Morgan fingerprint density at radius 1 is 1.38 bits per heavy atom. The van der Waals surface area contributed by atoms with Crippen molar-refractivity contribution in [2.45, 2.75) is 45.3 Å². The predicted octanol–water partition coefficient (Wildman–Crippen LogP) is 1.32. The molecule has 2 heterocycles. The van der Waals surface area contributed by atoms with Gasteiger partial charge in [0.25, 0.3) is 0 Å². The van der Waals surface area contributed by atoms with Crippen molar-refractivity contribution in [3.63, 3.8) is 0 Å². The molecule has 0 saturated carbocycles. The van der Waals surface area contributed by atoms with Crippen LogP contribution in [0.15, 0.2) is 11.1 Å². The summed E-state index contributed by atoms with van der Waals surface area (Å²) in [5.41, 5.74) is -1.85. The number of ether oxygens (including phenoxy) is 2. The summed E-state index contributed by atoms with van der Waals surface area (Å²) in [5.74, 6) is -1.83. The first-order chi connectivity index (χ1) is 9.56. The topological polar surface area (TPSA) is 93.1 Å². The van der Waals surface area contributed by atoms with Gasteiger partial charge in [-0.15, -0.1) is 0 Å². The first kappa shape index (κ1) is 15.3. The SMILES string of the molecule is CC1=C(C(=O)O)C2(CCN(C(=O)OC(C)(C)C)C2)OC1=O. The zero-order valence-electron chi connectivity index (χ0n) is 12.6. The van der Waals surface area contributed by atoms with Gasteiger partial charge in [0.2, 0.25) is 0 Å². The van der Waals surface area contributed by atoms with Crippen LogP contribution in [0.5, 0.6) is 0 Å². The van der Waals surface area contributed by atoms with Crippen LogP contribution in [-0.2, 0) is 19.1 Å². The molecule has 0 aromatic rings. The lowest BCUT2D eigenvalue weighted by molar-refractivity contribution is -0.147. The number of carboxylic acids is 1. The number of likely N-dealkylation sites (tertiary alicyclic amines) is 1. The summed E-state index contributed by atoms with van der Waals surface area (Å²) in [6.07, 6.45) is -0.276. The maximum absolute atomic E-state index is 12.0. The Kier molecular flexibility index (Phi) is 3.47. The van der Waals surface area contributed by atoms with Gasteiger partial charge in [-0.25, -0.2) is 14.4 Å². The molecule has 0 aromatic carbocycles. The lowest BCUT2D eigenvalue weighted by atomic mass is 9.91. The van der Waals surface area contributed by atoms with Crippen LogP contribution < -0.4 is 0 Å². The van der Waals surface area contributed by atoms with Crippen molar-refractivity contribution >= 4 is 18.0 Å². The molecule has 0 bridgehead atoms. The molecule has 1 amide bonds. The van der Waals surface area contributed by atoms with Crippen molar-refractivity contribution in [2.24, 2.45) is 0 Å². The minimum Gasteiger partial charge on any atom is -0.478 e. The van der Waals surface area contributed by atoms with Crippen LogP contribution in [-0.4, -0.2) is 52.3 Å². The van der Waals surface area contributed by atoms with Gasteiger partial charge in [0.15, 0.2) is 5.60 Å². The molecule has 1 fully saturated rings. The van der Waals surface area contributed by atoms with Gasteiger partial charge >= 0.3 is 18.0 Å². The Hall–Kier alpha value is -2.05. The molecule has 7 nitrogen and oxygen atoms in total. The van der Waals surface area contributed by atoms with Crippen LogP contribution in [0.2, 0.25) is 0 Å². The number of nitrogens with zero attached hydrogens (tertiary/aromatic N) is 1. The van der Waals surface area contributed by atoms with Crippen LogP contribution in [0.4, 0.5) is 4.79 Å². The number of carboxylic acid groups (broad SMARTS) is 1. The average Bonchev–Trinajstić information content (AvgIpc) is 2.80. The van der Waals surface area contributed by atoms with E-state index in [-0.39, 0.29) is 30.7 Å². The number of hydrogen-bond donors (Lipinski definition) is 1.